The van der Waals surface area contributed by atoms with Gasteiger partial charge in [0.05, 0.1) is 10.2 Å². The van der Waals surface area contributed by atoms with Gasteiger partial charge in [-0.1, -0.05) is 18.2 Å². The fourth-order valence-electron chi connectivity index (χ4n) is 1.82. The van der Waals surface area contributed by atoms with Crippen LogP contribution in [0.2, 0.25) is 0 Å². The van der Waals surface area contributed by atoms with Crippen molar-refractivity contribution in [2.45, 2.75) is 12.8 Å². The molecule has 0 radical (unpaired) electrons. The number of carbonyl (C=O) groups excluding carboxylic acids is 1. The highest BCUT2D eigenvalue weighted by atomic mass is 127. The largest absolute Gasteiger partial charge is 0.492 e. The Hall–Kier alpha value is -1.76. The van der Waals surface area contributed by atoms with Crippen molar-refractivity contribution in [2.24, 2.45) is 0 Å². The number of halogens is 1. The summed E-state index contributed by atoms with van der Waals surface area (Å²) in [5.74, 6) is 0.821. The van der Waals surface area contributed by atoms with Gasteiger partial charge >= 0.3 is 0 Å². The molecule has 0 aromatic heterocycles. The number of para-hydroxylation sites is 1. The highest BCUT2D eigenvalue weighted by molar-refractivity contribution is 14.1. The van der Waals surface area contributed by atoms with Crippen molar-refractivity contribution in [3.05, 3.63) is 52.1 Å². The van der Waals surface area contributed by atoms with Crippen LogP contribution in [0.3, 0.4) is 0 Å². The lowest BCUT2D eigenvalue weighted by molar-refractivity contribution is -0.116. The van der Waals surface area contributed by atoms with Gasteiger partial charge in [0, 0.05) is 17.8 Å². The molecule has 0 fully saturated rings. The molecule has 0 aliphatic rings. The molecule has 3 N–H and O–H groups in total. The molecular weight excluding hydrogens is 379 g/mol. The fourth-order valence-corrected chi connectivity index (χ4v) is 2.36. The van der Waals surface area contributed by atoms with Gasteiger partial charge in [0.25, 0.3) is 0 Å². The van der Waals surface area contributed by atoms with Gasteiger partial charge in [0.2, 0.25) is 5.91 Å². The van der Waals surface area contributed by atoms with E-state index in [-0.39, 0.29) is 5.91 Å². The lowest BCUT2D eigenvalue weighted by Gasteiger charge is -2.08. The molecular formula is C16H17IN2O2. The monoisotopic (exact) mass is 396 g/mol. The molecule has 2 aromatic carbocycles. The van der Waals surface area contributed by atoms with Gasteiger partial charge in [-0.2, -0.15) is 0 Å². The van der Waals surface area contributed by atoms with Crippen LogP contribution in [0.25, 0.3) is 0 Å². The van der Waals surface area contributed by atoms with Crippen molar-refractivity contribution in [1.82, 2.24) is 0 Å². The molecule has 0 saturated heterocycles. The van der Waals surface area contributed by atoms with Crippen LogP contribution in [0, 0.1) is 3.57 Å². The van der Waals surface area contributed by atoms with Gasteiger partial charge < -0.3 is 15.8 Å². The van der Waals surface area contributed by atoms with E-state index in [0.717, 1.165) is 15.0 Å². The molecule has 0 saturated carbocycles. The van der Waals surface area contributed by atoms with Gasteiger partial charge in [-0.05, 0) is 59.3 Å². The number of hydrogen-bond donors (Lipinski definition) is 2. The zero-order chi connectivity index (χ0) is 15.1. The highest BCUT2D eigenvalue weighted by Crippen LogP contribution is 2.19. The first-order chi connectivity index (χ1) is 10.1. The molecule has 0 bridgehead atoms. The Kier molecular flexibility index (Phi) is 5.86. The topological polar surface area (TPSA) is 64.3 Å². The molecule has 21 heavy (non-hydrogen) atoms. The van der Waals surface area contributed by atoms with Gasteiger partial charge in [-0.3, -0.25) is 4.79 Å². The molecule has 0 unspecified atom stereocenters. The van der Waals surface area contributed by atoms with Gasteiger partial charge in [-0.25, -0.2) is 0 Å². The van der Waals surface area contributed by atoms with Crippen LogP contribution in [-0.4, -0.2) is 12.5 Å². The standard InChI is InChI=1S/C16H17IN2O2/c17-14-7-1-2-8-15(14)21-10-4-9-16(20)19-13-6-3-5-12(18)11-13/h1-3,5-8,11H,4,9-10,18H2,(H,19,20). The van der Waals surface area contributed by atoms with E-state index in [4.69, 9.17) is 10.5 Å². The number of amides is 1. The molecule has 0 atom stereocenters. The predicted molar refractivity (Wildman–Crippen MR) is 93.4 cm³/mol. The summed E-state index contributed by atoms with van der Waals surface area (Å²) in [5.41, 5.74) is 7.02. The van der Waals surface area contributed by atoms with Crippen molar-refractivity contribution in [3.63, 3.8) is 0 Å². The van der Waals surface area contributed by atoms with Crippen molar-refractivity contribution in [3.8, 4) is 5.75 Å². The molecule has 0 aliphatic carbocycles. The summed E-state index contributed by atoms with van der Waals surface area (Å²) >= 11 is 2.23. The maximum Gasteiger partial charge on any atom is 0.224 e. The van der Waals surface area contributed by atoms with E-state index in [1.807, 2.05) is 36.4 Å². The number of carbonyl (C=O) groups is 1. The molecule has 5 heteroatoms. The second-order valence-corrected chi connectivity index (χ2v) is 5.72. The Labute approximate surface area is 137 Å². The number of nitrogens with one attached hydrogen (secondary N) is 1. The smallest absolute Gasteiger partial charge is 0.224 e. The van der Waals surface area contributed by atoms with E-state index in [2.05, 4.69) is 27.9 Å². The number of benzene rings is 2. The van der Waals surface area contributed by atoms with Crippen molar-refractivity contribution < 1.29 is 9.53 Å². The van der Waals surface area contributed by atoms with Crippen LogP contribution in [0.15, 0.2) is 48.5 Å². The van der Waals surface area contributed by atoms with Crippen LogP contribution in [0.1, 0.15) is 12.8 Å². The second-order valence-electron chi connectivity index (χ2n) is 4.56. The number of hydrogen-bond acceptors (Lipinski definition) is 3. The number of ether oxygens (including phenoxy) is 1. The summed E-state index contributed by atoms with van der Waals surface area (Å²) in [7, 11) is 0. The van der Waals surface area contributed by atoms with E-state index in [1.165, 1.54) is 0 Å². The summed E-state index contributed by atoms with van der Waals surface area (Å²) in [5, 5.41) is 2.82. The van der Waals surface area contributed by atoms with E-state index in [1.54, 1.807) is 12.1 Å². The van der Waals surface area contributed by atoms with Crippen molar-refractivity contribution >= 4 is 39.9 Å². The molecule has 0 aliphatic heterocycles. The average Bonchev–Trinajstić information content (AvgIpc) is 2.45. The highest BCUT2D eigenvalue weighted by Gasteiger charge is 2.04. The lowest BCUT2D eigenvalue weighted by atomic mass is 10.2. The summed E-state index contributed by atoms with van der Waals surface area (Å²) in [6.45, 7) is 0.518. The predicted octanol–water partition coefficient (Wildman–Crippen LogP) is 3.67. The molecule has 2 rings (SSSR count). The summed E-state index contributed by atoms with van der Waals surface area (Å²) in [4.78, 5) is 11.8. The Morgan fingerprint density at radius 1 is 1.19 bits per heavy atom. The van der Waals surface area contributed by atoms with E-state index < -0.39 is 0 Å². The van der Waals surface area contributed by atoms with E-state index in [0.29, 0.717) is 25.1 Å². The maximum atomic E-state index is 11.8. The minimum Gasteiger partial charge on any atom is -0.492 e. The SMILES string of the molecule is Nc1cccc(NC(=O)CCCOc2ccccc2I)c1. The molecule has 4 nitrogen and oxygen atoms in total. The first-order valence-electron chi connectivity index (χ1n) is 6.68. The molecule has 2 aromatic rings. The average molecular weight is 396 g/mol. The molecule has 0 spiro atoms. The van der Waals surface area contributed by atoms with Crippen LogP contribution >= 0.6 is 22.6 Å². The third kappa shape index (κ3) is 5.26. The molecule has 110 valence electrons. The van der Waals surface area contributed by atoms with Gasteiger partial charge in [-0.15, -0.1) is 0 Å². The summed E-state index contributed by atoms with van der Waals surface area (Å²) in [6.07, 6.45) is 1.08. The van der Waals surface area contributed by atoms with Crippen molar-refractivity contribution in [2.75, 3.05) is 17.7 Å². The third-order valence-corrected chi connectivity index (χ3v) is 3.70. The first kappa shape index (κ1) is 15.6. The Morgan fingerprint density at radius 2 is 2.00 bits per heavy atom. The normalized spacial score (nSPS) is 10.1. The van der Waals surface area contributed by atoms with Crippen LogP contribution in [-0.2, 0) is 4.79 Å². The first-order valence-corrected chi connectivity index (χ1v) is 7.76. The zero-order valence-corrected chi connectivity index (χ0v) is 13.7. The van der Waals surface area contributed by atoms with Crippen LogP contribution in [0.5, 0.6) is 5.75 Å². The van der Waals surface area contributed by atoms with E-state index in [9.17, 15) is 4.79 Å². The molecule has 1 amide bonds. The Balaban J connectivity index is 1.71. The zero-order valence-electron chi connectivity index (χ0n) is 11.5. The lowest BCUT2D eigenvalue weighted by Crippen LogP contribution is -2.13. The van der Waals surface area contributed by atoms with Crippen molar-refractivity contribution in [1.29, 1.82) is 0 Å². The quantitative estimate of drug-likeness (QED) is 0.445. The number of rotatable bonds is 6. The van der Waals surface area contributed by atoms with Gasteiger partial charge in [0.15, 0.2) is 0 Å². The summed E-state index contributed by atoms with van der Waals surface area (Å²) < 4.78 is 6.72. The molecule has 0 heterocycles. The van der Waals surface area contributed by atoms with Crippen LogP contribution < -0.4 is 15.8 Å². The Morgan fingerprint density at radius 3 is 2.76 bits per heavy atom. The van der Waals surface area contributed by atoms with E-state index >= 15 is 0 Å². The number of anilines is 2. The number of nitrogen functional groups attached to an aromatic ring is 1. The minimum absolute atomic E-state index is 0.0352. The maximum absolute atomic E-state index is 11.8. The minimum atomic E-state index is -0.0352. The Bertz CT molecular complexity index is 617. The fraction of sp³-hybridized carbons (Fsp3) is 0.188. The van der Waals surface area contributed by atoms with Crippen LogP contribution in [0.4, 0.5) is 11.4 Å². The summed E-state index contributed by atoms with van der Waals surface area (Å²) in [6, 6.07) is 15.0. The van der Waals surface area contributed by atoms with Gasteiger partial charge in [0.1, 0.15) is 5.75 Å². The third-order valence-electron chi connectivity index (χ3n) is 2.81. The second kappa shape index (κ2) is 7.87. The number of nitrogens with two attached hydrogens (primary N) is 1.